The van der Waals surface area contributed by atoms with Gasteiger partial charge < -0.3 is 14.3 Å². The average Bonchev–Trinajstić information content (AvgIpc) is 2.82. The van der Waals surface area contributed by atoms with Crippen LogP contribution in [0.3, 0.4) is 0 Å². The quantitative estimate of drug-likeness (QED) is 0.246. The number of hydrogen-bond acceptors (Lipinski definition) is 6. The molecule has 0 bridgehead atoms. The van der Waals surface area contributed by atoms with Crippen molar-refractivity contribution in [2.24, 2.45) is 0 Å². The summed E-state index contributed by atoms with van der Waals surface area (Å²) in [6, 6.07) is 22.5. The van der Waals surface area contributed by atoms with Gasteiger partial charge in [-0.05, 0) is 47.5 Å². The number of ketones is 1. The Hall–Kier alpha value is -3.90. The van der Waals surface area contributed by atoms with Gasteiger partial charge in [0.25, 0.3) is 0 Å². The Morgan fingerprint density at radius 1 is 0.970 bits per heavy atom. The molecule has 3 rings (SSSR count). The van der Waals surface area contributed by atoms with Gasteiger partial charge in [0, 0.05) is 25.1 Å². The lowest BCUT2D eigenvalue weighted by Gasteiger charge is -2.18. The fourth-order valence-electron chi connectivity index (χ4n) is 3.19. The lowest BCUT2D eigenvalue weighted by atomic mass is 10.1. The van der Waals surface area contributed by atoms with Crippen molar-refractivity contribution in [2.45, 2.75) is 20.1 Å². The Bertz CT molecular complexity index is 1110. The first-order valence-electron chi connectivity index (χ1n) is 10.5. The molecular weight excluding hydrogens is 418 g/mol. The Balaban J connectivity index is 1.78. The van der Waals surface area contributed by atoms with Crippen LogP contribution in [0, 0.1) is 0 Å². The smallest absolute Gasteiger partial charge is 0.322 e. The van der Waals surface area contributed by atoms with Crippen LogP contribution in [0.25, 0.3) is 6.08 Å². The molecule has 0 aliphatic heterocycles. The number of methoxy groups -OCH3 is 1. The molecule has 0 radical (unpaired) electrons. The monoisotopic (exact) mass is 445 g/mol. The summed E-state index contributed by atoms with van der Waals surface area (Å²) in [6.45, 7) is 2.11. The van der Waals surface area contributed by atoms with Crippen molar-refractivity contribution in [1.29, 1.82) is 0 Å². The van der Waals surface area contributed by atoms with E-state index in [4.69, 9.17) is 14.3 Å². The molecule has 0 spiro atoms. The maximum atomic E-state index is 12.5. The Morgan fingerprint density at radius 2 is 1.70 bits per heavy atom. The van der Waals surface area contributed by atoms with E-state index in [1.54, 1.807) is 44.5 Å². The highest BCUT2D eigenvalue weighted by Gasteiger charge is 2.11. The summed E-state index contributed by atoms with van der Waals surface area (Å²) < 4.78 is 11.2. The number of hydrogen-bond donors (Lipinski definition) is 0. The third kappa shape index (κ3) is 7.33. The van der Waals surface area contributed by atoms with Crippen LogP contribution in [-0.2, 0) is 22.8 Å². The van der Waals surface area contributed by atoms with E-state index in [9.17, 15) is 9.59 Å². The number of benzene rings is 3. The molecule has 0 aliphatic rings. The van der Waals surface area contributed by atoms with Gasteiger partial charge in [0.15, 0.2) is 5.78 Å². The standard InChI is InChI=1S/C27H27NO5/c1-20(29)33-28(2)18-24-11-9-21(17-27(24)32-19-22-7-5-4-6-8-22)10-16-26(30)23-12-14-25(31-3)15-13-23/h4-17H,18-19H2,1-3H3/b16-10+. The average molecular weight is 446 g/mol. The summed E-state index contributed by atoms with van der Waals surface area (Å²) in [6.07, 6.45) is 3.28. The molecule has 0 aromatic heterocycles. The molecule has 0 atom stereocenters. The SMILES string of the molecule is COc1ccc(C(=O)/C=C/c2ccc(CN(C)OC(C)=O)c(OCc3ccccc3)c2)cc1. The number of hydroxylamine groups is 2. The molecule has 6 nitrogen and oxygen atoms in total. The molecule has 0 fully saturated rings. The molecule has 33 heavy (non-hydrogen) atoms. The van der Waals surface area contributed by atoms with Crippen molar-refractivity contribution in [3.63, 3.8) is 0 Å². The molecule has 0 aliphatic carbocycles. The van der Waals surface area contributed by atoms with Crippen LogP contribution < -0.4 is 9.47 Å². The summed E-state index contributed by atoms with van der Waals surface area (Å²) in [5.41, 5.74) is 3.28. The van der Waals surface area contributed by atoms with Gasteiger partial charge in [-0.3, -0.25) is 9.59 Å². The molecule has 0 amide bonds. The number of rotatable bonds is 10. The number of nitrogens with zero attached hydrogens (tertiary/aromatic N) is 1. The second kappa shape index (κ2) is 11.6. The third-order valence-electron chi connectivity index (χ3n) is 4.81. The highest BCUT2D eigenvalue weighted by molar-refractivity contribution is 6.06. The second-order valence-electron chi connectivity index (χ2n) is 7.44. The Labute approximate surface area is 194 Å². The lowest BCUT2D eigenvalue weighted by molar-refractivity contribution is -0.183. The van der Waals surface area contributed by atoms with Crippen molar-refractivity contribution >= 4 is 17.8 Å². The molecule has 0 N–H and O–H groups in total. The minimum Gasteiger partial charge on any atom is -0.497 e. The summed E-state index contributed by atoms with van der Waals surface area (Å²) in [4.78, 5) is 28.9. The summed E-state index contributed by atoms with van der Waals surface area (Å²) in [7, 11) is 3.27. The molecule has 0 heterocycles. The fourth-order valence-corrected chi connectivity index (χ4v) is 3.19. The van der Waals surface area contributed by atoms with Gasteiger partial charge in [0.05, 0.1) is 13.7 Å². The largest absolute Gasteiger partial charge is 0.497 e. The van der Waals surface area contributed by atoms with Crippen LogP contribution in [0.15, 0.2) is 78.9 Å². The van der Waals surface area contributed by atoms with E-state index >= 15 is 0 Å². The first-order valence-corrected chi connectivity index (χ1v) is 10.5. The minimum absolute atomic E-state index is 0.108. The van der Waals surface area contributed by atoms with Gasteiger partial charge >= 0.3 is 5.97 Å². The van der Waals surface area contributed by atoms with Gasteiger partial charge in [-0.25, -0.2) is 0 Å². The Morgan fingerprint density at radius 3 is 2.36 bits per heavy atom. The van der Waals surface area contributed by atoms with Crippen molar-refractivity contribution in [3.05, 3.63) is 101 Å². The minimum atomic E-state index is -0.388. The highest BCUT2D eigenvalue weighted by atomic mass is 16.7. The van der Waals surface area contributed by atoms with Crippen molar-refractivity contribution < 1.29 is 23.9 Å². The Kier molecular flexibility index (Phi) is 8.38. The summed E-state index contributed by atoms with van der Waals surface area (Å²) in [5, 5.41) is 1.45. The van der Waals surface area contributed by atoms with E-state index < -0.39 is 0 Å². The van der Waals surface area contributed by atoms with Gasteiger partial charge in [-0.2, -0.15) is 0 Å². The van der Waals surface area contributed by atoms with E-state index in [-0.39, 0.29) is 11.8 Å². The van der Waals surface area contributed by atoms with Crippen LogP contribution in [0.2, 0.25) is 0 Å². The predicted octanol–water partition coefficient (Wildman–Crippen LogP) is 5.08. The molecule has 6 heteroatoms. The van der Waals surface area contributed by atoms with Crippen LogP contribution in [0.1, 0.15) is 34.0 Å². The van der Waals surface area contributed by atoms with E-state index in [1.807, 2.05) is 48.5 Å². The topological polar surface area (TPSA) is 65.1 Å². The van der Waals surface area contributed by atoms with Gasteiger partial charge in [0.1, 0.15) is 18.1 Å². The first kappa shape index (κ1) is 23.8. The predicted molar refractivity (Wildman–Crippen MR) is 127 cm³/mol. The molecule has 3 aromatic rings. The molecular formula is C27H27NO5. The second-order valence-corrected chi connectivity index (χ2v) is 7.44. The van der Waals surface area contributed by atoms with Crippen LogP contribution in [0.4, 0.5) is 0 Å². The molecule has 0 saturated heterocycles. The fraction of sp³-hybridized carbons (Fsp3) is 0.185. The lowest BCUT2D eigenvalue weighted by Crippen LogP contribution is -2.21. The summed E-state index contributed by atoms with van der Waals surface area (Å²) >= 11 is 0. The van der Waals surface area contributed by atoms with Crippen LogP contribution in [0.5, 0.6) is 11.5 Å². The molecule has 0 unspecified atom stereocenters. The molecule has 0 saturated carbocycles. The van der Waals surface area contributed by atoms with Crippen molar-refractivity contribution in [3.8, 4) is 11.5 Å². The van der Waals surface area contributed by atoms with E-state index in [2.05, 4.69) is 0 Å². The molecule has 3 aromatic carbocycles. The zero-order valence-corrected chi connectivity index (χ0v) is 19.0. The summed E-state index contributed by atoms with van der Waals surface area (Å²) in [5.74, 6) is 0.853. The normalized spacial score (nSPS) is 10.9. The van der Waals surface area contributed by atoms with Gasteiger partial charge in [-0.15, -0.1) is 5.06 Å². The van der Waals surface area contributed by atoms with Gasteiger partial charge in [0.2, 0.25) is 0 Å². The van der Waals surface area contributed by atoms with E-state index in [0.29, 0.717) is 30.2 Å². The number of allylic oxidation sites excluding steroid dienone is 1. The zero-order valence-electron chi connectivity index (χ0n) is 19.0. The van der Waals surface area contributed by atoms with Crippen molar-refractivity contribution in [2.75, 3.05) is 14.2 Å². The maximum Gasteiger partial charge on any atom is 0.322 e. The molecule has 170 valence electrons. The zero-order chi connectivity index (χ0) is 23.6. The first-order chi connectivity index (χ1) is 15.9. The van der Waals surface area contributed by atoms with E-state index in [1.165, 1.54) is 18.1 Å². The number of ether oxygens (including phenoxy) is 2. The van der Waals surface area contributed by atoms with Crippen molar-refractivity contribution in [1.82, 2.24) is 5.06 Å². The number of carbonyl (C=O) groups is 2. The third-order valence-corrected chi connectivity index (χ3v) is 4.81. The van der Waals surface area contributed by atoms with Crippen LogP contribution >= 0.6 is 0 Å². The van der Waals surface area contributed by atoms with E-state index in [0.717, 1.165) is 16.7 Å². The maximum absolute atomic E-state index is 12.5. The number of carbonyl (C=O) groups excluding carboxylic acids is 2. The van der Waals surface area contributed by atoms with Crippen LogP contribution in [-0.4, -0.2) is 31.0 Å². The highest BCUT2D eigenvalue weighted by Crippen LogP contribution is 2.24. The van der Waals surface area contributed by atoms with Gasteiger partial charge in [-0.1, -0.05) is 48.5 Å².